The molecule has 0 aliphatic carbocycles. The number of benzene rings is 2. The Bertz CT molecular complexity index is 1080. The van der Waals surface area contributed by atoms with Crippen molar-refractivity contribution in [2.45, 2.75) is 39.3 Å². The van der Waals surface area contributed by atoms with E-state index in [-0.39, 0.29) is 18.1 Å². The number of anilines is 1. The largest absolute Gasteiger partial charge is 0.497 e. The van der Waals surface area contributed by atoms with Crippen molar-refractivity contribution in [1.82, 2.24) is 10.2 Å². The Morgan fingerprint density at radius 3 is 2.35 bits per heavy atom. The van der Waals surface area contributed by atoms with E-state index in [2.05, 4.69) is 5.32 Å². The van der Waals surface area contributed by atoms with E-state index in [1.54, 1.807) is 25.1 Å². The van der Waals surface area contributed by atoms with Crippen LogP contribution in [-0.2, 0) is 26.2 Å². The van der Waals surface area contributed by atoms with Crippen LogP contribution in [0.3, 0.4) is 0 Å². The van der Waals surface area contributed by atoms with Crippen molar-refractivity contribution < 1.29 is 27.1 Å². The van der Waals surface area contributed by atoms with Crippen LogP contribution < -0.4 is 14.4 Å². The zero-order chi connectivity index (χ0) is 25.3. The van der Waals surface area contributed by atoms with E-state index in [0.29, 0.717) is 24.3 Å². The lowest BCUT2D eigenvalue weighted by Crippen LogP contribution is -2.52. The number of ether oxygens (including phenoxy) is 1. The predicted molar refractivity (Wildman–Crippen MR) is 130 cm³/mol. The normalized spacial score (nSPS) is 12.0. The predicted octanol–water partition coefficient (Wildman–Crippen LogP) is 2.93. The van der Waals surface area contributed by atoms with Gasteiger partial charge in [-0.3, -0.25) is 13.9 Å². The summed E-state index contributed by atoms with van der Waals surface area (Å²) in [5.74, 6) is -0.869. The number of hydrogen-bond acceptors (Lipinski definition) is 5. The molecule has 0 saturated carbocycles. The minimum atomic E-state index is -3.84. The van der Waals surface area contributed by atoms with Gasteiger partial charge in [-0.25, -0.2) is 12.8 Å². The summed E-state index contributed by atoms with van der Waals surface area (Å²) in [6.45, 7) is 3.66. The molecule has 0 fully saturated rings. The number of carbonyl (C=O) groups excluding carboxylic acids is 2. The fourth-order valence-electron chi connectivity index (χ4n) is 3.45. The smallest absolute Gasteiger partial charge is 0.244 e. The molecule has 8 nitrogen and oxygen atoms in total. The Kier molecular flexibility index (Phi) is 9.85. The lowest BCUT2D eigenvalue weighted by Gasteiger charge is -2.33. The van der Waals surface area contributed by atoms with Crippen molar-refractivity contribution in [2.24, 2.45) is 0 Å². The third kappa shape index (κ3) is 7.44. The van der Waals surface area contributed by atoms with Crippen LogP contribution >= 0.6 is 0 Å². The van der Waals surface area contributed by atoms with E-state index in [1.807, 2.05) is 6.92 Å². The van der Waals surface area contributed by atoms with Crippen LogP contribution in [0.2, 0.25) is 0 Å². The van der Waals surface area contributed by atoms with Crippen LogP contribution in [0, 0.1) is 5.82 Å². The second-order valence-corrected chi connectivity index (χ2v) is 9.74. The third-order valence-corrected chi connectivity index (χ3v) is 6.36. The Morgan fingerprint density at radius 1 is 1.12 bits per heavy atom. The molecule has 1 unspecified atom stereocenters. The van der Waals surface area contributed by atoms with Gasteiger partial charge < -0.3 is 15.0 Å². The highest BCUT2D eigenvalue weighted by molar-refractivity contribution is 7.92. The maximum Gasteiger partial charge on any atom is 0.244 e. The molecule has 1 atom stereocenters. The molecule has 0 heterocycles. The zero-order valence-corrected chi connectivity index (χ0v) is 20.8. The van der Waals surface area contributed by atoms with Gasteiger partial charge in [-0.1, -0.05) is 32.0 Å². The molecule has 2 amide bonds. The first-order valence-corrected chi connectivity index (χ1v) is 12.9. The van der Waals surface area contributed by atoms with Crippen molar-refractivity contribution in [3.05, 3.63) is 59.9 Å². The molecule has 1 N–H and O–H groups in total. The monoisotopic (exact) mass is 493 g/mol. The first kappa shape index (κ1) is 27.1. The number of carbonyl (C=O) groups is 2. The summed E-state index contributed by atoms with van der Waals surface area (Å²) in [6.07, 6.45) is 2.06. The van der Waals surface area contributed by atoms with Gasteiger partial charge in [0.15, 0.2) is 0 Å². The van der Waals surface area contributed by atoms with Gasteiger partial charge in [0.1, 0.15) is 24.2 Å². The summed E-state index contributed by atoms with van der Waals surface area (Å²) in [4.78, 5) is 27.7. The molecule has 2 rings (SSSR count). The molecule has 186 valence electrons. The average molecular weight is 494 g/mol. The van der Waals surface area contributed by atoms with Crippen LogP contribution in [0.5, 0.6) is 5.75 Å². The highest BCUT2D eigenvalue weighted by Crippen LogP contribution is 2.24. The summed E-state index contributed by atoms with van der Waals surface area (Å²) in [5, 5.41) is 2.80. The molecule has 0 bridgehead atoms. The van der Waals surface area contributed by atoms with Gasteiger partial charge in [0.05, 0.1) is 19.1 Å². The van der Waals surface area contributed by atoms with Crippen LogP contribution in [0.4, 0.5) is 10.1 Å². The van der Waals surface area contributed by atoms with Gasteiger partial charge in [-0.05, 0) is 42.7 Å². The Hall–Kier alpha value is -3.14. The highest BCUT2D eigenvalue weighted by atomic mass is 32.2. The van der Waals surface area contributed by atoms with Gasteiger partial charge >= 0.3 is 0 Å². The van der Waals surface area contributed by atoms with Gasteiger partial charge in [0.2, 0.25) is 21.8 Å². The van der Waals surface area contributed by atoms with Gasteiger partial charge in [-0.15, -0.1) is 0 Å². The molecule has 0 radical (unpaired) electrons. The van der Waals surface area contributed by atoms with Crippen LogP contribution in [-0.4, -0.2) is 57.6 Å². The maximum absolute atomic E-state index is 13.5. The number of methoxy groups -OCH3 is 1. The molecule has 0 spiro atoms. The van der Waals surface area contributed by atoms with Crippen LogP contribution in [0.15, 0.2) is 48.5 Å². The second-order valence-electron chi connectivity index (χ2n) is 7.83. The van der Waals surface area contributed by atoms with E-state index in [9.17, 15) is 22.4 Å². The minimum Gasteiger partial charge on any atom is -0.497 e. The van der Waals surface area contributed by atoms with E-state index >= 15 is 0 Å². The fraction of sp³-hybridized carbons (Fsp3) is 0.417. The first-order chi connectivity index (χ1) is 16.1. The number of amides is 2. The van der Waals surface area contributed by atoms with Crippen LogP contribution in [0.25, 0.3) is 0 Å². The molecule has 2 aromatic rings. The topological polar surface area (TPSA) is 96.0 Å². The molecule has 0 aliphatic rings. The van der Waals surface area contributed by atoms with Crippen molar-refractivity contribution >= 4 is 27.5 Å². The average Bonchev–Trinajstić information content (AvgIpc) is 2.81. The number of sulfonamides is 1. The van der Waals surface area contributed by atoms with E-state index < -0.39 is 34.3 Å². The Balaban J connectivity index is 2.42. The molecule has 0 aliphatic heterocycles. The highest BCUT2D eigenvalue weighted by Gasteiger charge is 2.31. The molecule has 0 aromatic heterocycles. The van der Waals surface area contributed by atoms with Gasteiger partial charge in [0, 0.05) is 19.2 Å². The standard InChI is InChI=1S/C24H32FN3O5S/c1-5-14-26-24(30)22(6-2)27(16-18-10-12-19(25)13-11-18)23(29)17-28(34(4,31)32)20-8-7-9-21(15-20)33-3/h7-13,15,22H,5-6,14,16-17H2,1-4H3,(H,26,30). The molecular weight excluding hydrogens is 461 g/mol. The number of rotatable bonds is 12. The van der Waals surface area contributed by atoms with E-state index in [4.69, 9.17) is 4.74 Å². The summed E-state index contributed by atoms with van der Waals surface area (Å²) >= 11 is 0. The zero-order valence-electron chi connectivity index (χ0n) is 20.0. The lowest BCUT2D eigenvalue weighted by atomic mass is 10.1. The molecule has 0 saturated heterocycles. The van der Waals surface area contributed by atoms with E-state index in [1.165, 1.54) is 42.3 Å². The quantitative estimate of drug-likeness (QED) is 0.491. The molecule has 10 heteroatoms. The van der Waals surface area contributed by atoms with Crippen molar-refractivity contribution in [3.8, 4) is 5.75 Å². The lowest BCUT2D eigenvalue weighted by molar-refractivity contribution is -0.140. The number of nitrogens with zero attached hydrogens (tertiary/aromatic N) is 2. The Labute approximate surface area is 200 Å². The maximum atomic E-state index is 13.5. The van der Waals surface area contributed by atoms with Gasteiger partial charge in [-0.2, -0.15) is 0 Å². The van der Waals surface area contributed by atoms with Gasteiger partial charge in [0.25, 0.3) is 0 Å². The second kappa shape index (κ2) is 12.4. The van der Waals surface area contributed by atoms with Crippen molar-refractivity contribution in [3.63, 3.8) is 0 Å². The van der Waals surface area contributed by atoms with Crippen molar-refractivity contribution in [2.75, 3.05) is 30.8 Å². The summed E-state index contributed by atoms with van der Waals surface area (Å²) in [5.41, 5.74) is 0.879. The third-order valence-electron chi connectivity index (χ3n) is 5.22. The molecule has 2 aromatic carbocycles. The SMILES string of the molecule is CCCNC(=O)C(CC)N(Cc1ccc(F)cc1)C(=O)CN(c1cccc(OC)c1)S(C)(=O)=O. The number of hydrogen-bond donors (Lipinski definition) is 1. The molecular formula is C24H32FN3O5S. The first-order valence-electron chi connectivity index (χ1n) is 11.0. The fourth-order valence-corrected chi connectivity index (χ4v) is 4.29. The molecule has 34 heavy (non-hydrogen) atoms. The summed E-state index contributed by atoms with van der Waals surface area (Å²) < 4.78 is 44.7. The van der Waals surface area contributed by atoms with E-state index in [0.717, 1.165) is 17.0 Å². The van der Waals surface area contributed by atoms with Crippen molar-refractivity contribution in [1.29, 1.82) is 0 Å². The summed E-state index contributed by atoms with van der Waals surface area (Å²) in [7, 11) is -2.38. The Morgan fingerprint density at radius 2 is 1.79 bits per heavy atom. The summed E-state index contributed by atoms with van der Waals surface area (Å²) in [6, 6.07) is 11.2. The number of halogens is 1. The van der Waals surface area contributed by atoms with Crippen LogP contribution in [0.1, 0.15) is 32.3 Å². The minimum absolute atomic E-state index is 0.0207. The number of nitrogens with one attached hydrogen (secondary N) is 1.